The zero-order chi connectivity index (χ0) is 12.3. The van der Waals surface area contributed by atoms with E-state index in [9.17, 15) is 0 Å². The molecule has 0 radical (unpaired) electrons. The lowest BCUT2D eigenvalue weighted by atomic mass is 10.1. The minimum Gasteiger partial charge on any atom is -0.497 e. The van der Waals surface area contributed by atoms with Crippen LogP contribution in [-0.2, 0) is 0 Å². The van der Waals surface area contributed by atoms with E-state index in [1.54, 1.807) is 18.4 Å². The van der Waals surface area contributed by atoms with Gasteiger partial charge in [0, 0.05) is 11.1 Å². The zero-order valence-electron chi connectivity index (χ0n) is 10.2. The Kier molecular flexibility index (Phi) is 3.76. The van der Waals surface area contributed by atoms with Gasteiger partial charge >= 0.3 is 0 Å². The lowest BCUT2D eigenvalue weighted by molar-refractivity contribution is 0.414. The molecule has 0 fully saturated rings. The van der Waals surface area contributed by atoms with Gasteiger partial charge in [-0.05, 0) is 31.7 Å². The van der Waals surface area contributed by atoms with E-state index < -0.39 is 0 Å². The van der Waals surface area contributed by atoms with Crippen LogP contribution >= 0.6 is 11.3 Å². The molecule has 1 unspecified atom stereocenters. The molecular weight excluding hydrogens is 232 g/mol. The molecule has 0 saturated heterocycles. The van der Waals surface area contributed by atoms with Gasteiger partial charge in [0.25, 0.3) is 0 Å². The molecule has 0 aliphatic carbocycles. The smallest absolute Gasteiger partial charge is 0.118 e. The standard InChI is InChI=1S/C13H16N2OS/c1-9-15-8-12(17-9)13(14-2)10-4-6-11(16-3)7-5-10/h4-8,13-14H,1-3H3. The SMILES string of the molecule is CNC(c1ccc(OC)cc1)c1cnc(C)s1. The summed E-state index contributed by atoms with van der Waals surface area (Å²) >= 11 is 1.72. The largest absolute Gasteiger partial charge is 0.497 e. The van der Waals surface area contributed by atoms with Crippen LogP contribution in [0.2, 0.25) is 0 Å². The Morgan fingerprint density at radius 2 is 2.00 bits per heavy atom. The van der Waals surface area contributed by atoms with Crippen LogP contribution in [0, 0.1) is 6.92 Å². The quantitative estimate of drug-likeness (QED) is 0.903. The van der Waals surface area contributed by atoms with Gasteiger partial charge in [-0.15, -0.1) is 11.3 Å². The van der Waals surface area contributed by atoms with Gasteiger partial charge in [-0.3, -0.25) is 0 Å². The van der Waals surface area contributed by atoms with E-state index in [1.165, 1.54) is 10.4 Å². The van der Waals surface area contributed by atoms with Gasteiger partial charge < -0.3 is 10.1 Å². The van der Waals surface area contributed by atoms with Crippen molar-refractivity contribution < 1.29 is 4.74 Å². The number of hydrogen-bond donors (Lipinski definition) is 1. The van der Waals surface area contributed by atoms with E-state index in [0.717, 1.165) is 10.8 Å². The number of aromatic nitrogens is 1. The van der Waals surface area contributed by atoms with Gasteiger partial charge in [0.05, 0.1) is 18.2 Å². The summed E-state index contributed by atoms with van der Waals surface area (Å²) < 4.78 is 5.16. The van der Waals surface area contributed by atoms with Gasteiger partial charge in [0.2, 0.25) is 0 Å². The fourth-order valence-electron chi connectivity index (χ4n) is 1.78. The normalized spacial score (nSPS) is 12.4. The maximum absolute atomic E-state index is 5.16. The summed E-state index contributed by atoms with van der Waals surface area (Å²) in [7, 11) is 3.64. The van der Waals surface area contributed by atoms with Crippen molar-refractivity contribution in [2.75, 3.05) is 14.2 Å². The minimum absolute atomic E-state index is 0.201. The maximum atomic E-state index is 5.16. The molecule has 1 N–H and O–H groups in total. The van der Waals surface area contributed by atoms with Gasteiger partial charge in [-0.25, -0.2) is 4.98 Å². The third-order valence-corrected chi connectivity index (χ3v) is 3.64. The van der Waals surface area contributed by atoms with Crippen LogP contribution in [0.25, 0.3) is 0 Å². The second kappa shape index (κ2) is 5.29. The van der Waals surface area contributed by atoms with E-state index in [2.05, 4.69) is 22.4 Å². The Hall–Kier alpha value is -1.39. The summed E-state index contributed by atoms with van der Waals surface area (Å²) in [6.07, 6.45) is 1.94. The molecule has 3 nitrogen and oxygen atoms in total. The van der Waals surface area contributed by atoms with Gasteiger partial charge in [0.15, 0.2) is 0 Å². The first-order valence-electron chi connectivity index (χ1n) is 5.48. The van der Waals surface area contributed by atoms with Crippen molar-refractivity contribution >= 4 is 11.3 Å². The molecule has 17 heavy (non-hydrogen) atoms. The van der Waals surface area contributed by atoms with Crippen LogP contribution in [0.15, 0.2) is 30.5 Å². The molecule has 0 spiro atoms. The highest BCUT2D eigenvalue weighted by molar-refractivity contribution is 7.11. The molecule has 0 aliphatic heterocycles. The van der Waals surface area contributed by atoms with E-state index in [4.69, 9.17) is 4.74 Å². The van der Waals surface area contributed by atoms with Gasteiger partial charge in [-0.1, -0.05) is 12.1 Å². The van der Waals surface area contributed by atoms with E-state index in [-0.39, 0.29) is 6.04 Å². The van der Waals surface area contributed by atoms with Crippen molar-refractivity contribution in [1.29, 1.82) is 0 Å². The Balaban J connectivity index is 2.28. The average Bonchev–Trinajstić information content (AvgIpc) is 2.78. The molecule has 0 amide bonds. The first-order valence-corrected chi connectivity index (χ1v) is 6.29. The number of nitrogens with one attached hydrogen (secondary N) is 1. The van der Waals surface area contributed by atoms with Crippen molar-refractivity contribution in [3.8, 4) is 5.75 Å². The molecule has 0 aliphatic rings. The molecule has 1 heterocycles. The van der Waals surface area contributed by atoms with Crippen molar-refractivity contribution in [1.82, 2.24) is 10.3 Å². The molecule has 0 saturated carbocycles. The third kappa shape index (κ3) is 2.65. The number of hydrogen-bond acceptors (Lipinski definition) is 4. The number of ether oxygens (including phenoxy) is 1. The molecule has 1 aromatic carbocycles. The third-order valence-electron chi connectivity index (χ3n) is 2.66. The Morgan fingerprint density at radius 3 is 2.47 bits per heavy atom. The highest BCUT2D eigenvalue weighted by atomic mass is 32.1. The zero-order valence-corrected chi connectivity index (χ0v) is 11.0. The van der Waals surface area contributed by atoms with Crippen LogP contribution in [0.4, 0.5) is 0 Å². The summed E-state index contributed by atoms with van der Waals surface area (Å²) in [6.45, 7) is 2.02. The number of aryl methyl sites for hydroxylation is 1. The Morgan fingerprint density at radius 1 is 1.29 bits per heavy atom. The molecule has 2 rings (SSSR count). The highest BCUT2D eigenvalue weighted by Gasteiger charge is 2.14. The van der Waals surface area contributed by atoms with E-state index in [0.29, 0.717) is 0 Å². The molecule has 1 aromatic heterocycles. The topological polar surface area (TPSA) is 34.1 Å². The second-order valence-corrected chi connectivity index (χ2v) is 5.04. The van der Waals surface area contributed by atoms with Crippen LogP contribution in [0.5, 0.6) is 5.75 Å². The number of benzene rings is 1. The second-order valence-electron chi connectivity index (χ2n) is 3.78. The number of thiazole rings is 1. The van der Waals surface area contributed by atoms with Crippen LogP contribution < -0.4 is 10.1 Å². The summed E-state index contributed by atoms with van der Waals surface area (Å²) in [6, 6.07) is 8.32. The first-order chi connectivity index (χ1) is 8.24. The van der Waals surface area contributed by atoms with Crippen LogP contribution in [0.3, 0.4) is 0 Å². The molecular formula is C13H16N2OS. The van der Waals surface area contributed by atoms with Crippen molar-refractivity contribution in [3.05, 3.63) is 45.9 Å². The van der Waals surface area contributed by atoms with E-state index >= 15 is 0 Å². The fraction of sp³-hybridized carbons (Fsp3) is 0.308. The number of rotatable bonds is 4. The van der Waals surface area contributed by atoms with Gasteiger partial charge in [0.1, 0.15) is 5.75 Å². The number of nitrogens with zero attached hydrogens (tertiary/aromatic N) is 1. The van der Waals surface area contributed by atoms with Crippen molar-refractivity contribution in [3.63, 3.8) is 0 Å². The van der Waals surface area contributed by atoms with Crippen molar-refractivity contribution in [2.45, 2.75) is 13.0 Å². The number of methoxy groups -OCH3 is 1. The summed E-state index contributed by atoms with van der Waals surface area (Å²) in [5.74, 6) is 0.879. The molecule has 0 bridgehead atoms. The predicted molar refractivity (Wildman–Crippen MR) is 70.7 cm³/mol. The highest BCUT2D eigenvalue weighted by Crippen LogP contribution is 2.27. The molecule has 1 atom stereocenters. The van der Waals surface area contributed by atoms with Crippen LogP contribution in [-0.4, -0.2) is 19.1 Å². The summed E-state index contributed by atoms with van der Waals surface area (Å²) in [5, 5.41) is 4.41. The Labute approximate surface area is 105 Å². The van der Waals surface area contributed by atoms with Crippen LogP contribution in [0.1, 0.15) is 21.5 Å². The minimum atomic E-state index is 0.201. The molecule has 4 heteroatoms. The van der Waals surface area contributed by atoms with E-state index in [1.807, 2.05) is 32.3 Å². The lowest BCUT2D eigenvalue weighted by Gasteiger charge is -2.14. The average molecular weight is 248 g/mol. The fourth-order valence-corrected chi connectivity index (χ4v) is 2.70. The summed E-state index contributed by atoms with van der Waals surface area (Å²) in [4.78, 5) is 5.53. The predicted octanol–water partition coefficient (Wildman–Crippen LogP) is 2.77. The molecule has 2 aromatic rings. The lowest BCUT2D eigenvalue weighted by Crippen LogP contribution is -2.16. The maximum Gasteiger partial charge on any atom is 0.118 e. The first kappa shape index (κ1) is 12.1. The van der Waals surface area contributed by atoms with Crippen molar-refractivity contribution in [2.24, 2.45) is 0 Å². The Bertz CT molecular complexity index is 478. The monoisotopic (exact) mass is 248 g/mol. The molecule has 90 valence electrons. The summed E-state index contributed by atoms with van der Waals surface area (Å²) in [5.41, 5.74) is 1.22. The van der Waals surface area contributed by atoms with Gasteiger partial charge in [-0.2, -0.15) is 0 Å².